The van der Waals surface area contributed by atoms with E-state index in [9.17, 15) is 0 Å². The van der Waals surface area contributed by atoms with E-state index in [-0.39, 0.29) is 5.41 Å². The molecule has 9 aromatic rings. The van der Waals surface area contributed by atoms with Crippen LogP contribution in [0.25, 0.3) is 78.7 Å². The average molecular weight is 726 g/mol. The van der Waals surface area contributed by atoms with Crippen LogP contribution in [0.1, 0.15) is 33.4 Å². The zero-order valence-corrected chi connectivity index (χ0v) is 31.2. The van der Waals surface area contributed by atoms with E-state index in [1.54, 1.807) is 0 Å². The van der Waals surface area contributed by atoms with Gasteiger partial charge in [-0.3, -0.25) is 0 Å². The molecule has 3 heteroatoms. The monoisotopic (exact) mass is 725 g/mol. The number of nitrogens with zero attached hydrogens (tertiary/aromatic N) is 3. The molecule has 12 rings (SSSR count). The molecule has 0 saturated carbocycles. The summed E-state index contributed by atoms with van der Waals surface area (Å²) < 4.78 is 0. The molecule has 266 valence electrons. The molecular formula is C54H35N3. The molecule has 0 saturated heterocycles. The standard InChI is InChI=1S/C54H35N3/c1-3-14-34(15-4-1)36-18-13-19-39(30-36)52-55-51(35-16-5-2-6-17-35)56-53(57-52)40-28-29-41-37(31-40)26-27-38-32-50-46(33-45(38)41)44-22-9-12-25-49(44)54(50)47-23-10-7-20-42(47)43-21-8-11-24-48(43)54/h1-25,28-33H,26-27H2. The first-order chi connectivity index (χ1) is 28.2. The topological polar surface area (TPSA) is 38.7 Å². The van der Waals surface area contributed by atoms with Crippen molar-refractivity contribution in [2.45, 2.75) is 18.3 Å². The summed E-state index contributed by atoms with van der Waals surface area (Å²) in [6, 6.07) is 68.2. The molecule has 8 aromatic carbocycles. The first kappa shape index (κ1) is 32.1. The first-order valence-corrected chi connectivity index (χ1v) is 19.8. The highest BCUT2D eigenvalue weighted by molar-refractivity contribution is 5.97. The highest BCUT2D eigenvalue weighted by atomic mass is 15.0. The Hall–Kier alpha value is -7.23. The molecule has 57 heavy (non-hydrogen) atoms. The lowest BCUT2D eigenvalue weighted by Gasteiger charge is -2.31. The van der Waals surface area contributed by atoms with Gasteiger partial charge < -0.3 is 0 Å². The minimum atomic E-state index is -0.328. The van der Waals surface area contributed by atoms with E-state index in [1.165, 1.54) is 66.8 Å². The number of aryl methyl sites for hydroxylation is 2. The van der Waals surface area contributed by atoms with Gasteiger partial charge in [-0.25, -0.2) is 15.0 Å². The molecule has 0 N–H and O–H groups in total. The Bertz CT molecular complexity index is 3030. The van der Waals surface area contributed by atoms with Gasteiger partial charge in [-0.15, -0.1) is 0 Å². The lowest BCUT2D eigenvalue weighted by atomic mass is 9.69. The van der Waals surface area contributed by atoms with Crippen molar-refractivity contribution in [3.63, 3.8) is 0 Å². The third kappa shape index (κ3) is 4.76. The normalized spacial score (nSPS) is 13.6. The van der Waals surface area contributed by atoms with Crippen molar-refractivity contribution in [1.29, 1.82) is 0 Å². The van der Waals surface area contributed by atoms with E-state index < -0.39 is 0 Å². The summed E-state index contributed by atoms with van der Waals surface area (Å²) >= 11 is 0. The molecule has 0 bridgehead atoms. The summed E-state index contributed by atoms with van der Waals surface area (Å²) in [5, 5.41) is 0. The molecule has 0 atom stereocenters. The first-order valence-electron chi connectivity index (χ1n) is 19.8. The largest absolute Gasteiger partial charge is 0.208 e. The van der Waals surface area contributed by atoms with Gasteiger partial charge in [-0.1, -0.05) is 170 Å². The minimum absolute atomic E-state index is 0.328. The van der Waals surface area contributed by atoms with E-state index in [1.807, 2.05) is 24.3 Å². The predicted molar refractivity (Wildman–Crippen MR) is 231 cm³/mol. The van der Waals surface area contributed by atoms with Gasteiger partial charge in [0.1, 0.15) is 0 Å². The van der Waals surface area contributed by atoms with Gasteiger partial charge in [0.2, 0.25) is 0 Å². The fourth-order valence-electron chi connectivity index (χ4n) is 9.93. The molecule has 3 aliphatic rings. The Morgan fingerprint density at radius 3 is 1.39 bits per heavy atom. The summed E-state index contributed by atoms with van der Waals surface area (Å²) in [5.74, 6) is 2.01. The second-order valence-electron chi connectivity index (χ2n) is 15.4. The van der Waals surface area contributed by atoms with Crippen LogP contribution in [0.3, 0.4) is 0 Å². The second kappa shape index (κ2) is 12.4. The van der Waals surface area contributed by atoms with Crippen LogP contribution >= 0.6 is 0 Å². The Balaban J connectivity index is 0.994. The molecule has 0 radical (unpaired) electrons. The van der Waals surface area contributed by atoms with Crippen molar-refractivity contribution >= 4 is 0 Å². The van der Waals surface area contributed by atoms with Crippen LogP contribution in [0.15, 0.2) is 188 Å². The van der Waals surface area contributed by atoms with E-state index in [4.69, 9.17) is 15.0 Å². The number of fused-ring (bicyclic) bond motifs is 13. The molecular weight excluding hydrogens is 691 g/mol. The quantitative estimate of drug-likeness (QED) is 0.181. The van der Waals surface area contributed by atoms with Gasteiger partial charge in [0, 0.05) is 16.7 Å². The molecule has 0 fully saturated rings. The summed E-state index contributed by atoms with van der Waals surface area (Å²) in [7, 11) is 0. The number of hydrogen-bond donors (Lipinski definition) is 0. The lowest BCUT2D eigenvalue weighted by molar-refractivity contribution is 0.789. The number of rotatable bonds is 4. The van der Waals surface area contributed by atoms with Crippen LogP contribution in [0.5, 0.6) is 0 Å². The maximum absolute atomic E-state index is 5.15. The van der Waals surface area contributed by atoms with E-state index in [0.29, 0.717) is 17.5 Å². The predicted octanol–water partition coefficient (Wildman–Crippen LogP) is 12.6. The van der Waals surface area contributed by atoms with Crippen LogP contribution in [0, 0.1) is 0 Å². The van der Waals surface area contributed by atoms with Crippen LogP contribution < -0.4 is 0 Å². The fourth-order valence-corrected chi connectivity index (χ4v) is 9.93. The third-order valence-electron chi connectivity index (χ3n) is 12.4. The summed E-state index contributed by atoms with van der Waals surface area (Å²) in [4.78, 5) is 15.3. The van der Waals surface area contributed by atoms with Gasteiger partial charge in [0.05, 0.1) is 5.41 Å². The van der Waals surface area contributed by atoms with Crippen molar-refractivity contribution in [3.05, 3.63) is 221 Å². The molecule has 3 aliphatic carbocycles. The Kier molecular flexibility index (Phi) is 6.97. The number of aromatic nitrogens is 3. The summed E-state index contributed by atoms with van der Waals surface area (Å²) in [6.07, 6.45) is 1.92. The van der Waals surface area contributed by atoms with E-state index in [0.717, 1.165) is 40.7 Å². The Morgan fingerprint density at radius 2 is 0.754 bits per heavy atom. The third-order valence-corrected chi connectivity index (χ3v) is 12.4. The molecule has 1 spiro atoms. The lowest BCUT2D eigenvalue weighted by Crippen LogP contribution is -2.26. The van der Waals surface area contributed by atoms with Crippen LogP contribution in [-0.2, 0) is 18.3 Å². The van der Waals surface area contributed by atoms with Crippen LogP contribution in [0.2, 0.25) is 0 Å². The fraction of sp³-hybridized carbons (Fsp3) is 0.0556. The van der Waals surface area contributed by atoms with Gasteiger partial charge in [-0.2, -0.15) is 0 Å². The molecule has 0 aliphatic heterocycles. The molecule has 3 nitrogen and oxygen atoms in total. The molecule has 1 heterocycles. The van der Waals surface area contributed by atoms with Crippen molar-refractivity contribution < 1.29 is 0 Å². The Labute approximate surface area is 332 Å². The maximum Gasteiger partial charge on any atom is 0.164 e. The second-order valence-corrected chi connectivity index (χ2v) is 15.4. The minimum Gasteiger partial charge on any atom is -0.208 e. The smallest absolute Gasteiger partial charge is 0.164 e. The van der Waals surface area contributed by atoms with Crippen molar-refractivity contribution in [2.75, 3.05) is 0 Å². The van der Waals surface area contributed by atoms with Crippen molar-refractivity contribution in [2.24, 2.45) is 0 Å². The van der Waals surface area contributed by atoms with Gasteiger partial charge in [0.15, 0.2) is 17.5 Å². The van der Waals surface area contributed by atoms with E-state index in [2.05, 4.69) is 164 Å². The Morgan fingerprint density at radius 1 is 0.281 bits per heavy atom. The van der Waals surface area contributed by atoms with E-state index >= 15 is 0 Å². The van der Waals surface area contributed by atoms with Gasteiger partial charge in [0.25, 0.3) is 0 Å². The maximum atomic E-state index is 5.15. The van der Waals surface area contributed by atoms with Gasteiger partial charge >= 0.3 is 0 Å². The van der Waals surface area contributed by atoms with Gasteiger partial charge in [-0.05, 0) is 109 Å². The highest BCUT2D eigenvalue weighted by Crippen LogP contribution is 2.63. The van der Waals surface area contributed by atoms with Crippen LogP contribution in [0.4, 0.5) is 0 Å². The van der Waals surface area contributed by atoms with Crippen molar-refractivity contribution in [1.82, 2.24) is 15.0 Å². The molecule has 1 aromatic heterocycles. The summed E-state index contributed by atoms with van der Waals surface area (Å²) in [6.45, 7) is 0. The highest BCUT2D eigenvalue weighted by Gasteiger charge is 2.51. The zero-order valence-electron chi connectivity index (χ0n) is 31.2. The van der Waals surface area contributed by atoms with Crippen LogP contribution in [-0.4, -0.2) is 15.0 Å². The number of hydrogen-bond acceptors (Lipinski definition) is 3. The summed E-state index contributed by atoms with van der Waals surface area (Å²) in [5.41, 5.74) is 21.1. The number of benzene rings is 8. The zero-order chi connectivity index (χ0) is 37.5. The molecule has 0 amide bonds. The SMILES string of the molecule is c1ccc(-c2cccc(-c3nc(-c4ccccc4)nc(-c4ccc5c(c4)CCc4cc6c(cc4-5)-c4ccccc4C64c5ccccc5-c5ccccc54)n3)c2)cc1. The van der Waals surface area contributed by atoms with Crippen molar-refractivity contribution in [3.8, 4) is 78.7 Å². The average Bonchev–Trinajstić information content (AvgIpc) is 3.75. The molecule has 0 unspecified atom stereocenters.